The van der Waals surface area contributed by atoms with Crippen LogP contribution in [0.4, 0.5) is 5.95 Å². The third-order valence-corrected chi connectivity index (χ3v) is 3.51. The van der Waals surface area contributed by atoms with E-state index in [9.17, 15) is 0 Å². The Morgan fingerprint density at radius 3 is 2.62 bits per heavy atom. The van der Waals surface area contributed by atoms with E-state index in [0.717, 1.165) is 10.9 Å². The van der Waals surface area contributed by atoms with Gasteiger partial charge in [0.05, 0.1) is 17.8 Å². The molecule has 1 aromatic heterocycles. The number of nitrogens with zero attached hydrogens (tertiary/aromatic N) is 3. The molecule has 0 amide bonds. The molecule has 90 valence electrons. The number of anilines is 1. The van der Waals surface area contributed by atoms with E-state index >= 15 is 0 Å². The molecule has 0 spiro atoms. The molecule has 0 atom stereocenters. The van der Waals surface area contributed by atoms with Crippen molar-refractivity contribution in [1.82, 2.24) is 9.97 Å². The van der Waals surface area contributed by atoms with Crippen LogP contribution < -0.4 is 9.64 Å². The first-order chi connectivity index (χ1) is 7.42. The third kappa shape index (κ3) is 2.64. The second-order valence-corrected chi connectivity index (χ2v) is 5.11. The standard InChI is InChI=1S/C11H18BrN3O/c1-6-11(2,3)15(4)10-13-7-8(12)9(14-10)16-5/h7H,6H2,1-5H3. The summed E-state index contributed by atoms with van der Waals surface area (Å²) in [5, 5.41) is 0. The maximum atomic E-state index is 5.16. The lowest BCUT2D eigenvalue weighted by atomic mass is 10.0. The average molecular weight is 288 g/mol. The lowest BCUT2D eigenvalue weighted by molar-refractivity contribution is 0.391. The molecule has 16 heavy (non-hydrogen) atoms. The van der Waals surface area contributed by atoms with Crippen LogP contribution in [0.3, 0.4) is 0 Å². The molecule has 0 saturated heterocycles. The summed E-state index contributed by atoms with van der Waals surface area (Å²) in [4.78, 5) is 10.7. The number of halogens is 1. The van der Waals surface area contributed by atoms with Gasteiger partial charge in [-0.3, -0.25) is 0 Å². The Morgan fingerprint density at radius 1 is 1.50 bits per heavy atom. The molecular weight excluding hydrogens is 270 g/mol. The van der Waals surface area contributed by atoms with E-state index in [4.69, 9.17) is 4.74 Å². The van der Waals surface area contributed by atoms with Crippen molar-refractivity contribution in [1.29, 1.82) is 0 Å². The molecule has 0 saturated carbocycles. The van der Waals surface area contributed by atoms with Crippen LogP contribution in [0.2, 0.25) is 0 Å². The zero-order valence-corrected chi connectivity index (χ0v) is 12.0. The highest BCUT2D eigenvalue weighted by Crippen LogP contribution is 2.26. The summed E-state index contributed by atoms with van der Waals surface area (Å²) in [6, 6.07) is 0. The van der Waals surface area contributed by atoms with Crippen LogP contribution in [0.5, 0.6) is 5.88 Å². The van der Waals surface area contributed by atoms with Gasteiger partial charge in [0, 0.05) is 12.6 Å². The molecule has 1 aromatic rings. The fraction of sp³-hybridized carbons (Fsp3) is 0.636. The SMILES string of the molecule is CCC(C)(C)N(C)c1ncc(Br)c(OC)n1. The van der Waals surface area contributed by atoms with Gasteiger partial charge in [0.2, 0.25) is 11.8 Å². The van der Waals surface area contributed by atoms with Crippen molar-refractivity contribution in [2.45, 2.75) is 32.7 Å². The Labute approximate surface area is 105 Å². The Balaban J connectivity index is 3.05. The van der Waals surface area contributed by atoms with Crippen molar-refractivity contribution in [2.75, 3.05) is 19.1 Å². The van der Waals surface area contributed by atoms with Crippen LogP contribution in [0.1, 0.15) is 27.2 Å². The highest BCUT2D eigenvalue weighted by Gasteiger charge is 2.24. The molecule has 0 fully saturated rings. The van der Waals surface area contributed by atoms with Gasteiger partial charge >= 0.3 is 0 Å². The van der Waals surface area contributed by atoms with E-state index in [1.165, 1.54) is 0 Å². The molecule has 0 aliphatic rings. The molecule has 1 rings (SSSR count). The fourth-order valence-corrected chi connectivity index (χ4v) is 1.51. The minimum absolute atomic E-state index is 0.0266. The van der Waals surface area contributed by atoms with Crippen molar-refractivity contribution in [3.8, 4) is 5.88 Å². The number of ether oxygens (including phenoxy) is 1. The second kappa shape index (κ2) is 4.99. The lowest BCUT2D eigenvalue weighted by Gasteiger charge is -2.34. The maximum absolute atomic E-state index is 5.16. The predicted molar refractivity (Wildman–Crippen MR) is 69.1 cm³/mol. The molecule has 0 unspecified atom stereocenters. The molecule has 0 radical (unpaired) electrons. The van der Waals surface area contributed by atoms with Crippen molar-refractivity contribution in [3.63, 3.8) is 0 Å². The number of hydrogen-bond acceptors (Lipinski definition) is 4. The first-order valence-electron chi connectivity index (χ1n) is 5.22. The zero-order valence-electron chi connectivity index (χ0n) is 10.4. The smallest absolute Gasteiger partial charge is 0.232 e. The molecule has 4 nitrogen and oxygen atoms in total. The zero-order chi connectivity index (χ0) is 12.3. The highest BCUT2D eigenvalue weighted by molar-refractivity contribution is 9.10. The van der Waals surface area contributed by atoms with Gasteiger partial charge in [-0.25, -0.2) is 4.98 Å². The van der Waals surface area contributed by atoms with Crippen molar-refractivity contribution < 1.29 is 4.74 Å². The Hall–Kier alpha value is -0.840. The molecule has 0 bridgehead atoms. The number of hydrogen-bond donors (Lipinski definition) is 0. The number of methoxy groups -OCH3 is 1. The molecule has 0 N–H and O–H groups in total. The van der Waals surface area contributed by atoms with Gasteiger partial charge in [-0.2, -0.15) is 4.98 Å². The van der Waals surface area contributed by atoms with Crippen molar-refractivity contribution >= 4 is 21.9 Å². The van der Waals surface area contributed by atoms with E-state index in [1.807, 2.05) is 7.05 Å². The minimum atomic E-state index is 0.0266. The van der Waals surface area contributed by atoms with Crippen LogP contribution in [0.15, 0.2) is 10.7 Å². The summed E-state index contributed by atoms with van der Waals surface area (Å²) < 4.78 is 5.92. The Bertz CT molecular complexity index is 368. The van der Waals surface area contributed by atoms with Gasteiger partial charge in [0.15, 0.2) is 0 Å². The summed E-state index contributed by atoms with van der Waals surface area (Å²) in [6.07, 6.45) is 2.73. The van der Waals surface area contributed by atoms with E-state index in [0.29, 0.717) is 11.8 Å². The van der Waals surface area contributed by atoms with Gasteiger partial charge < -0.3 is 9.64 Å². The van der Waals surface area contributed by atoms with E-state index in [-0.39, 0.29) is 5.54 Å². The van der Waals surface area contributed by atoms with Crippen molar-refractivity contribution in [2.24, 2.45) is 0 Å². The number of aromatic nitrogens is 2. The van der Waals surface area contributed by atoms with E-state index in [2.05, 4.69) is 51.6 Å². The molecule has 0 aromatic carbocycles. The molecule has 5 heteroatoms. The summed E-state index contributed by atoms with van der Waals surface area (Å²) in [7, 11) is 3.59. The third-order valence-electron chi connectivity index (χ3n) is 2.97. The Kier molecular flexibility index (Phi) is 4.13. The summed E-state index contributed by atoms with van der Waals surface area (Å²) in [5.74, 6) is 1.23. The van der Waals surface area contributed by atoms with Gasteiger partial charge in [0.1, 0.15) is 0 Å². The van der Waals surface area contributed by atoms with Crippen LogP contribution in [-0.4, -0.2) is 29.7 Å². The lowest BCUT2D eigenvalue weighted by Crippen LogP contribution is -2.41. The van der Waals surface area contributed by atoms with Crippen LogP contribution in [0, 0.1) is 0 Å². The average Bonchev–Trinajstić information content (AvgIpc) is 2.28. The second-order valence-electron chi connectivity index (χ2n) is 4.25. The molecule has 0 aliphatic heterocycles. The fourth-order valence-electron chi connectivity index (χ4n) is 1.16. The quantitative estimate of drug-likeness (QED) is 0.854. The highest BCUT2D eigenvalue weighted by atomic mass is 79.9. The predicted octanol–water partition coefficient (Wildman–Crippen LogP) is 2.87. The van der Waals surface area contributed by atoms with Crippen LogP contribution in [0.25, 0.3) is 0 Å². The van der Waals surface area contributed by atoms with Gasteiger partial charge in [0.25, 0.3) is 0 Å². The van der Waals surface area contributed by atoms with Crippen molar-refractivity contribution in [3.05, 3.63) is 10.7 Å². The molecule has 0 aliphatic carbocycles. The van der Waals surface area contributed by atoms with E-state index in [1.54, 1.807) is 13.3 Å². The first kappa shape index (κ1) is 13.2. The first-order valence-corrected chi connectivity index (χ1v) is 6.02. The molecule has 1 heterocycles. The van der Waals surface area contributed by atoms with Gasteiger partial charge in [-0.05, 0) is 36.2 Å². The van der Waals surface area contributed by atoms with Gasteiger partial charge in [-0.1, -0.05) is 6.92 Å². The monoisotopic (exact) mass is 287 g/mol. The van der Waals surface area contributed by atoms with E-state index < -0.39 is 0 Å². The summed E-state index contributed by atoms with van der Waals surface area (Å²) >= 11 is 3.34. The van der Waals surface area contributed by atoms with Crippen LogP contribution in [-0.2, 0) is 0 Å². The normalized spacial score (nSPS) is 11.4. The summed E-state index contributed by atoms with van der Waals surface area (Å²) in [6.45, 7) is 6.46. The number of rotatable bonds is 4. The van der Waals surface area contributed by atoms with Crippen LogP contribution >= 0.6 is 15.9 Å². The topological polar surface area (TPSA) is 38.2 Å². The minimum Gasteiger partial charge on any atom is -0.480 e. The largest absolute Gasteiger partial charge is 0.480 e. The summed E-state index contributed by atoms with van der Waals surface area (Å²) in [5.41, 5.74) is 0.0266. The Morgan fingerprint density at radius 2 is 2.12 bits per heavy atom. The molecular formula is C11H18BrN3O. The maximum Gasteiger partial charge on any atom is 0.232 e. The van der Waals surface area contributed by atoms with Gasteiger partial charge in [-0.15, -0.1) is 0 Å².